The number of guanidine groups is 1. The number of rotatable bonds is 6. The number of aliphatic imine (C=N–C) groups is 1. The highest BCUT2D eigenvalue weighted by molar-refractivity contribution is 7.91. The number of methoxy groups -OCH3 is 2. The molecule has 36 heavy (non-hydrogen) atoms. The topological polar surface area (TPSA) is 181 Å². The van der Waals surface area contributed by atoms with E-state index in [0.29, 0.717) is 5.69 Å². The minimum atomic E-state index is -4.03. The van der Waals surface area contributed by atoms with Gasteiger partial charge in [0.2, 0.25) is 27.6 Å². The molecule has 0 bridgehead atoms. The van der Waals surface area contributed by atoms with Crippen LogP contribution < -0.4 is 21.3 Å². The Kier molecular flexibility index (Phi) is 9.50. The second-order valence-corrected chi connectivity index (χ2v) is 8.94. The fourth-order valence-corrected chi connectivity index (χ4v) is 3.98. The van der Waals surface area contributed by atoms with Gasteiger partial charge in [-0.2, -0.15) is 0 Å². The average Bonchev–Trinajstić information content (AvgIpc) is 2.84. The number of anilines is 3. The number of sulfone groups is 1. The molecule has 0 saturated heterocycles. The fourth-order valence-electron chi connectivity index (χ4n) is 2.70. The molecule has 2 aromatic carbocycles. The Morgan fingerprint density at radius 1 is 0.861 bits per heavy atom. The number of hydrogen-bond donors (Lipinski definition) is 4. The summed E-state index contributed by atoms with van der Waals surface area (Å²) >= 11 is 0. The predicted molar refractivity (Wildman–Crippen MR) is 131 cm³/mol. The zero-order valence-electron chi connectivity index (χ0n) is 19.9. The van der Waals surface area contributed by atoms with Crippen molar-refractivity contribution < 1.29 is 37.1 Å². The van der Waals surface area contributed by atoms with Crippen molar-refractivity contribution in [1.29, 1.82) is 0 Å². The van der Waals surface area contributed by atoms with Gasteiger partial charge in [0.05, 0.1) is 35.4 Å². The monoisotopic (exact) mass is 519 g/mol. The van der Waals surface area contributed by atoms with Crippen LogP contribution in [0.4, 0.5) is 26.7 Å². The molecule has 2 aromatic rings. The summed E-state index contributed by atoms with van der Waals surface area (Å²) in [5.74, 6) is -1.13. The van der Waals surface area contributed by atoms with Gasteiger partial charge < -0.3 is 25.4 Å². The second-order valence-electron chi connectivity index (χ2n) is 6.99. The zero-order valence-corrected chi connectivity index (χ0v) is 20.7. The quantitative estimate of drug-likeness (QED) is 0.329. The number of hydrogen-bond acceptors (Lipinski definition) is 8. The number of nitrogens with zero attached hydrogens (tertiary/aromatic N) is 1. The van der Waals surface area contributed by atoms with E-state index in [4.69, 9.17) is 0 Å². The van der Waals surface area contributed by atoms with Crippen molar-refractivity contribution in [3.63, 3.8) is 0 Å². The third-order valence-electron chi connectivity index (χ3n) is 4.42. The Morgan fingerprint density at radius 3 is 2.06 bits per heavy atom. The van der Waals surface area contributed by atoms with Crippen LogP contribution in [-0.2, 0) is 28.9 Å². The van der Waals surface area contributed by atoms with Gasteiger partial charge in [0.15, 0.2) is 0 Å². The lowest BCUT2D eigenvalue weighted by Gasteiger charge is -2.16. The van der Waals surface area contributed by atoms with Gasteiger partial charge in [-0.3, -0.25) is 14.9 Å². The summed E-state index contributed by atoms with van der Waals surface area (Å²) in [5.41, 5.74) is 0.560. The first-order chi connectivity index (χ1) is 17.0. The van der Waals surface area contributed by atoms with E-state index in [-0.39, 0.29) is 33.5 Å². The van der Waals surface area contributed by atoms with Gasteiger partial charge in [-0.25, -0.2) is 18.0 Å². The highest BCUT2D eigenvalue weighted by Crippen LogP contribution is 2.30. The van der Waals surface area contributed by atoms with E-state index in [1.807, 2.05) is 0 Å². The van der Waals surface area contributed by atoms with Gasteiger partial charge in [-0.05, 0) is 42.5 Å². The van der Waals surface area contributed by atoms with Crippen molar-refractivity contribution in [3.05, 3.63) is 42.5 Å². The first kappa shape index (κ1) is 27.8. The molecule has 0 aliphatic heterocycles. The Balaban J connectivity index is 2.50. The maximum atomic E-state index is 13.2. The molecule has 0 fully saturated rings. The Morgan fingerprint density at radius 2 is 1.50 bits per heavy atom. The number of amides is 4. The molecule has 0 unspecified atom stereocenters. The lowest BCUT2D eigenvalue weighted by atomic mass is 10.2. The number of ether oxygens (including phenoxy) is 2. The highest BCUT2D eigenvalue weighted by atomic mass is 32.2. The molecule has 192 valence electrons. The molecule has 0 radical (unpaired) electrons. The van der Waals surface area contributed by atoms with E-state index in [9.17, 15) is 27.6 Å². The van der Waals surface area contributed by atoms with E-state index in [1.54, 1.807) is 6.92 Å². The third-order valence-corrected chi connectivity index (χ3v) is 6.19. The molecule has 2 rings (SSSR count). The SMILES string of the molecule is CCC(=O)Nc1cc(S(=O)(=O)c2ccc(NC(C)=O)cc2)ccc1NC(=NC(=O)OC)NC(=O)OC. The van der Waals surface area contributed by atoms with Crippen molar-refractivity contribution in [2.45, 2.75) is 30.1 Å². The number of benzene rings is 2. The second kappa shape index (κ2) is 12.3. The van der Waals surface area contributed by atoms with Crippen molar-refractivity contribution in [2.75, 3.05) is 30.2 Å². The summed E-state index contributed by atoms with van der Waals surface area (Å²) in [6.07, 6.45) is -1.91. The summed E-state index contributed by atoms with van der Waals surface area (Å²) in [7, 11) is -1.85. The van der Waals surface area contributed by atoms with Gasteiger partial charge >= 0.3 is 12.2 Å². The lowest BCUT2D eigenvalue weighted by Crippen LogP contribution is -2.36. The van der Waals surface area contributed by atoms with E-state index >= 15 is 0 Å². The van der Waals surface area contributed by atoms with E-state index < -0.39 is 33.9 Å². The van der Waals surface area contributed by atoms with Gasteiger partial charge in [-0.1, -0.05) is 6.92 Å². The molecular formula is C22H25N5O8S. The molecule has 4 amide bonds. The van der Waals surface area contributed by atoms with Crippen LogP contribution in [0.25, 0.3) is 0 Å². The van der Waals surface area contributed by atoms with Crippen LogP contribution in [0.5, 0.6) is 0 Å². The summed E-state index contributed by atoms with van der Waals surface area (Å²) < 4.78 is 35.3. The van der Waals surface area contributed by atoms with Gasteiger partial charge in [0.25, 0.3) is 0 Å². The number of carbonyl (C=O) groups excluding carboxylic acids is 4. The van der Waals surface area contributed by atoms with Crippen LogP contribution in [-0.4, -0.2) is 52.6 Å². The van der Waals surface area contributed by atoms with Crippen molar-refractivity contribution in [3.8, 4) is 0 Å². The van der Waals surface area contributed by atoms with Crippen molar-refractivity contribution >= 4 is 56.9 Å². The van der Waals surface area contributed by atoms with Gasteiger partial charge in [0.1, 0.15) is 0 Å². The Labute approximate surface area is 207 Å². The normalized spacial score (nSPS) is 11.2. The molecule has 14 heteroatoms. The first-order valence-electron chi connectivity index (χ1n) is 10.4. The van der Waals surface area contributed by atoms with Crippen molar-refractivity contribution in [2.24, 2.45) is 4.99 Å². The van der Waals surface area contributed by atoms with Gasteiger partial charge in [0, 0.05) is 19.0 Å². The lowest BCUT2D eigenvalue weighted by molar-refractivity contribution is -0.116. The Hall–Kier alpha value is -4.46. The maximum absolute atomic E-state index is 13.2. The highest BCUT2D eigenvalue weighted by Gasteiger charge is 2.21. The fraction of sp³-hybridized carbons (Fsp3) is 0.227. The molecule has 4 N–H and O–H groups in total. The average molecular weight is 520 g/mol. The summed E-state index contributed by atoms with van der Waals surface area (Å²) in [6, 6.07) is 9.33. The van der Waals surface area contributed by atoms with Crippen LogP contribution >= 0.6 is 0 Å². The van der Waals surface area contributed by atoms with E-state index in [2.05, 4.69) is 35.7 Å². The number of alkyl carbamates (subject to hydrolysis) is 1. The molecule has 0 spiro atoms. The summed E-state index contributed by atoms with van der Waals surface area (Å²) in [6.45, 7) is 2.93. The zero-order chi connectivity index (χ0) is 26.9. The first-order valence-corrected chi connectivity index (χ1v) is 11.8. The minimum absolute atomic E-state index is 0.0297. The standard InChI is InChI=1S/C22H25N5O8S/c1-5-19(29)24-18-12-16(36(32,33)15-8-6-14(7-9-15)23-13(2)28)10-11-17(18)25-20(26-21(30)34-3)27-22(31)35-4/h6-12H,5H2,1-4H3,(H,23,28)(H,24,29)(H2,25,26,27,30,31). The molecule has 0 aliphatic carbocycles. The summed E-state index contributed by atoms with van der Waals surface area (Å²) in [4.78, 5) is 49.9. The largest absolute Gasteiger partial charge is 0.453 e. The van der Waals surface area contributed by atoms with Crippen molar-refractivity contribution in [1.82, 2.24) is 5.32 Å². The molecular weight excluding hydrogens is 494 g/mol. The summed E-state index contributed by atoms with van der Waals surface area (Å²) in [5, 5.41) is 9.93. The van der Waals surface area contributed by atoms with Crippen LogP contribution in [0.1, 0.15) is 20.3 Å². The molecule has 0 heterocycles. The smallest absolute Gasteiger partial charge is 0.436 e. The molecule has 0 atom stereocenters. The van der Waals surface area contributed by atoms with E-state index in [1.165, 1.54) is 49.4 Å². The van der Waals surface area contributed by atoms with E-state index in [0.717, 1.165) is 14.2 Å². The Bertz CT molecular complexity index is 1290. The molecule has 0 aliphatic rings. The molecule has 0 saturated carbocycles. The number of nitrogens with one attached hydrogen (secondary N) is 4. The van der Waals surface area contributed by atoms with Crippen LogP contribution in [0.15, 0.2) is 57.2 Å². The molecule has 13 nitrogen and oxygen atoms in total. The van der Waals surface area contributed by atoms with Crippen LogP contribution in [0, 0.1) is 0 Å². The third kappa shape index (κ3) is 7.53. The predicted octanol–water partition coefficient (Wildman–Crippen LogP) is 2.72. The van der Waals surface area contributed by atoms with Gasteiger partial charge in [-0.15, -0.1) is 4.99 Å². The van der Waals surface area contributed by atoms with Crippen LogP contribution in [0.3, 0.4) is 0 Å². The molecule has 0 aromatic heterocycles. The number of carbonyl (C=O) groups is 4. The maximum Gasteiger partial charge on any atom is 0.436 e. The van der Waals surface area contributed by atoms with Crippen LogP contribution in [0.2, 0.25) is 0 Å². The minimum Gasteiger partial charge on any atom is -0.453 e.